The number of carbonyl (C=O) groups is 2. The maximum absolute atomic E-state index is 10.2. The van der Waals surface area contributed by atoms with E-state index in [0.29, 0.717) is 24.7 Å². The number of hydrogen-bond donors (Lipinski definition) is 2. The van der Waals surface area contributed by atoms with Crippen molar-refractivity contribution in [1.82, 2.24) is 0 Å². The average molecular weight is 336 g/mol. The monoisotopic (exact) mass is 334 g/mol. The van der Waals surface area contributed by atoms with Crippen molar-refractivity contribution in [2.24, 2.45) is 11.8 Å². The zero-order valence-corrected chi connectivity index (χ0v) is 12.9. The van der Waals surface area contributed by atoms with Gasteiger partial charge in [0.05, 0.1) is 11.8 Å². The van der Waals surface area contributed by atoms with Crippen molar-refractivity contribution in [3.8, 4) is 0 Å². The van der Waals surface area contributed by atoms with E-state index < -0.39 is 11.9 Å². The van der Waals surface area contributed by atoms with Gasteiger partial charge in [-0.3, -0.25) is 9.59 Å². The second kappa shape index (κ2) is 10.5. The molecular weight excluding hydrogens is 315 g/mol. The molecule has 5 nitrogen and oxygen atoms in total. The van der Waals surface area contributed by atoms with E-state index in [1.807, 2.05) is 0 Å². The zero-order valence-electron chi connectivity index (χ0n) is 10.4. The molecule has 0 aromatic rings. The Hall–Kier alpha value is -0.377. The van der Waals surface area contributed by atoms with E-state index in [1.165, 1.54) is 0 Å². The van der Waals surface area contributed by atoms with Crippen LogP contribution in [0.4, 0.5) is 0 Å². The van der Waals surface area contributed by atoms with Gasteiger partial charge in [-0.15, -0.1) is 0 Å². The fourth-order valence-corrected chi connectivity index (χ4v) is 2.35. The first-order chi connectivity index (χ1) is 8.61. The van der Waals surface area contributed by atoms with E-state index in [1.54, 1.807) is 0 Å². The van der Waals surface area contributed by atoms with Crippen LogP contribution in [-0.4, -0.2) is 22.2 Å². The molecule has 0 saturated heterocycles. The molecule has 0 radical (unpaired) electrons. The summed E-state index contributed by atoms with van der Waals surface area (Å²) in [6.45, 7) is 0. The van der Waals surface area contributed by atoms with E-state index >= 15 is 0 Å². The van der Waals surface area contributed by atoms with Crippen molar-refractivity contribution in [3.63, 3.8) is 0 Å². The Labute approximate surface area is 122 Å². The summed E-state index contributed by atoms with van der Waals surface area (Å²) >= 11 is 0.300. The molecular formula is C12H20O5Zr. The summed E-state index contributed by atoms with van der Waals surface area (Å²) in [7, 11) is 0. The van der Waals surface area contributed by atoms with Gasteiger partial charge < -0.3 is 10.2 Å². The summed E-state index contributed by atoms with van der Waals surface area (Å²) in [5, 5.41) is 16.8. The first kappa shape index (κ1) is 17.6. The molecule has 2 aliphatic carbocycles. The summed E-state index contributed by atoms with van der Waals surface area (Å²) < 4.78 is 8.34. The van der Waals surface area contributed by atoms with E-state index in [-0.39, 0.29) is 11.8 Å². The molecule has 0 atom stereocenters. The number of carboxylic acid groups (broad SMARTS) is 2. The predicted octanol–water partition coefficient (Wildman–Crippen LogP) is 2.40. The van der Waals surface area contributed by atoms with Crippen molar-refractivity contribution in [3.05, 3.63) is 0 Å². The minimum atomic E-state index is -0.609. The first-order valence-electron chi connectivity index (χ1n) is 6.27. The Kier molecular flexibility index (Phi) is 10.3. The summed E-state index contributed by atoms with van der Waals surface area (Å²) in [6, 6.07) is 0. The van der Waals surface area contributed by atoms with E-state index in [4.69, 9.17) is 13.0 Å². The molecule has 0 heterocycles. The number of hydrogen-bond acceptors (Lipinski definition) is 3. The third-order valence-electron chi connectivity index (χ3n) is 3.41. The van der Waals surface area contributed by atoms with Gasteiger partial charge in [0.25, 0.3) is 0 Å². The van der Waals surface area contributed by atoms with Crippen molar-refractivity contribution in [1.29, 1.82) is 0 Å². The molecule has 0 unspecified atom stereocenters. The van der Waals surface area contributed by atoms with Crippen molar-refractivity contribution >= 4 is 11.9 Å². The van der Waals surface area contributed by atoms with Gasteiger partial charge >= 0.3 is 39.5 Å². The quantitative estimate of drug-likeness (QED) is 0.808. The van der Waals surface area contributed by atoms with E-state index in [2.05, 4.69) is 0 Å². The molecule has 2 N–H and O–H groups in total. The Morgan fingerprint density at radius 2 is 0.944 bits per heavy atom. The van der Waals surface area contributed by atoms with Crippen molar-refractivity contribution < 1.29 is 47.3 Å². The van der Waals surface area contributed by atoms with Crippen molar-refractivity contribution in [2.75, 3.05) is 0 Å². The van der Waals surface area contributed by atoms with Gasteiger partial charge in [0.1, 0.15) is 0 Å². The molecule has 6 heteroatoms. The molecule has 0 aliphatic heterocycles. The third kappa shape index (κ3) is 7.15. The van der Waals surface area contributed by atoms with Crippen LogP contribution in [0.2, 0.25) is 0 Å². The van der Waals surface area contributed by atoms with Crippen LogP contribution in [0.5, 0.6) is 0 Å². The van der Waals surface area contributed by atoms with Gasteiger partial charge in [-0.25, -0.2) is 0 Å². The fourth-order valence-electron chi connectivity index (χ4n) is 2.35. The van der Waals surface area contributed by atoms with Crippen LogP contribution in [0.1, 0.15) is 51.4 Å². The first-order valence-corrected chi connectivity index (χ1v) is 7.27. The summed E-state index contributed by atoms with van der Waals surface area (Å²) in [4.78, 5) is 20.4. The van der Waals surface area contributed by atoms with Crippen LogP contribution in [0.25, 0.3) is 0 Å². The Balaban J connectivity index is 0.000000283. The molecule has 18 heavy (non-hydrogen) atoms. The topological polar surface area (TPSA) is 91.7 Å². The molecule has 0 aromatic heterocycles. The summed E-state index contributed by atoms with van der Waals surface area (Å²) in [5.41, 5.74) is 0. The van der Waals surface area contributed by atoms with Crippen LogP contribution < -0.4 is 0 Å². The van der Waals surface area contributed by atoms with Gasteiger partial charge in [0.2, 0.25) is 0 Å². The van der Waals surface area contributed by atoms with Crippen LogP contribution in [-0.2, 0) is 37.1 Å². The van der Waals surface area contributed by atoms with Gasteiger partial charge in [-0.1, -0.05) is 25.7 Å². The molecule has 102 valence electrons. The molecule has 2 aliphatic rings. The molecule has 2 rings (SSSR count). The van der Waals surface area contributed by atoms with Crippen LogP contribution in [0.3, 0.4) is 0 Å². The average Bonchev–Trinajstić information content (AvgIpc) is 3.06. The SMILES string of the molecule is O=C(O)C1CCCC1.O=C(O)C1CCCC1.[O]=[Zr]. The molecule has 0 amide bonds. The molecule has 2 saturated carbocycles. The zero-order chi connectivity index (χ0) is 14.0. The van der Waals surface area contributed by atoms with E-state index in [0.717, 1.165) is 51.4 Å². The molecule has 0 spiro atoms. The fraction of sp³-hybridized carbons (Fsp3) is 0.833. The second-order valence-corrected chi connectivity index (χ2v) is 4.64. The Morgan fingerprint density at radius 3 is 1.06 bits per heavy atom. The van der Waals surface area contributed by atoms with Gasteiger partial charge in [0, 0.05) is 0 Å². The molecule has 0 aromatic carbocycles. The maximum atomic E-state index is 10.2. The van der Waals surface area contributed by atoms with Gasteiger partial charge in [-0.05, 0) is 25.7 Å². The van der Waals surface area contributed by atoms with Crippen LogP contribution >= 0.6 is 0 Å². The summed E-state index contributed by atoms with van der Waals surface area (Å²) in [6.07, 6.45) is 8.02. The Morgan fingerprint density at radius 1 is 0.722 bits per heavy atom. The second-order valence-electron chi connectivity index (χ2n) is 4.64. The number of rotatable bonds is 2. The third-order valence-corrected chi connectivity index (χ3v) is 3.41. The van der Waals surface area contributed by atoms with Crippen molar-refractivity contribution in [2.45, 2.75) is 51.4 Å². The van der Waals surface area contributed by atoms with Gasteiger partial charge in [0.15, 0.2) is 0 Å². The number of carboxylic acids is 2. The minimum absolute atomic E-state index is 0.0185. The van der Waals surface area contributed by atoms with Crippen LogP contribution in [0, 0.1) is 11.8 Å². The van der Waals surface area contributed by atoms with E-state index in [9.17, 15) is 9.59 Å². The van der Waals surface area contributed by atoms with Gasteiger partial charge in [-0.2, -0.15) is 0 Å². The standard InChI is InChI=1S/2C6H10O2.O.Zr/c2*7-6(8)5-3-1-2-4-5;;/h2*5H,1-4H2,(H,7,8);;. The summed E-state index contributed by atoms with van der Waals surface area (Å²) in [5.74, 6) is -1.25. The molecule has 0 bridgehead atoms. The predicted molar refractivity (Wildman–Crippen MR) is 59.9 cm³/mol. The molecule has 2 fully saturated rings. The van der Waals surface area contributed by atoms with Crippen LogP contribution in [0.15, 0.2) is 0 Å². The number of aliphatic carboxylic acids is 2. The Bertz CT molecular complexity index is 231. The normalized spacial score (nSPS) is 19.3.